The molecule has 142 valence electrons. The molecule has 0 aliphatic carbocycles. The van der Waals surface area contributed by atoms with Crippen molar-refractivity contribution in [1.29, 1.82) is 0 Å². The number of anilines is 1. The third-order valence-corrected chi connectivity index (χ3v) is 4.75. The smallest absolute Gasteiger partial charge is 0.227 e. The first-order valence-electron chi connectivity index (χ1n) is 8.95. The van der Waals surface area contributed by atoms with Crippen molar-refractivity contribution in [3.63, 3.8) is 0 Å². The Morgan fingerprint density at radius 2 is 2.00 bits per heavy atom. The van der Waals surface area contributed by atoms with Crippen LogP contribution in [0, 0.1) is 18.7 Å². The fourth-order valence-corrected chi connectivity index (χ4v) is 3.25. The van der Waals surface area contributed by atoms with Crippen molar-refractivity contribution < 1.29 is 18.7 Å². The molecule has 0 unspecified atom stereocenters. The topological polar surface area (TPSA) is 58.6 Å². The number of amides is 2. The molecule has 1 atom stereocenters. The highest BCUT2D eigenvalue weighted by Gasteiger charge is 2.36. The number of hydrogen-bond acceptors (Lipinski definition) is 3. The van der Waals surface area contributed by atoms with Gasteiger partial charge >= 0.3 is 0 Å². The third-order valence-electron chi connectivity index (χ3n) is 4.75. The SMILES string of the molecule is COc1ccc(C)cc1N1C[C@@H](C(=O)NCCc2ccc(F)cc2)CC1=O. The number of nitrogens with one attached hydrogen (secondary N) is 1. The molecule has 0 spiro atoms. The molecule has 0 aromatic heterocycles. The lowest BCUT2D eigenvalue weighted by Gasteiger charge is -2.20. The van der Waals surface area contributed by atoms with E-state index in [1.807, 2.05) is 25.1 Å². The van der Waals surface area contributed by atoms with E-state index < -0.39 is 5.92 Å². The Balaban J connectivity index is 1.59. The molecule has 1 aliphatic heterocycles. The van der Waals surface area contributed by atoms with Crippen LogP contribution in [0.5, 0.6) is 5.75 Å². The molecule has 6 heteroatoms. The second kappa shape index (κ2) is 8.20. The van der Waals surface area contributed by atoms with Crippen LogP contribution in [0.25, 0.3) is 0 Å². The van der Waals surface area contributed by atoms with Gasteiger partial charge in [0.1, 0.15) is 11.6 Å². The summed E-state index contributed by atoms with van der Waals surface area (Å²) < 4.78 is 18.3. The summed E-state index contributed by atoms with van der Waals surface area (Å²) in [5.74, 6) is -0.279. The minimum atomic E-state index is -0.393. The van der Waals surface area contributed by atoms with Gasteiger partial charge in [-0.25, -0.2) is 4.39 Å². The number of aryl methyl sites for hydroxylation is 1. The number of rotatable bonds is 6. The molecular formula is C21H23FN2O3. The number of carbonyl (C=O) groups is 2. The molecule has 1 saturated heterocycles. The Bertz CT molecular complexity index is 836. The van der Waals surface area contributed by atoms with Crippen LogP contribution >= 0.6 is 0 Å². The summed E-state index contributed by atoms with van der Waals surface area (Å²) in [5.41, 5.74) is 2.67. The zero-order chi connectivity index (χ0) is 19.4. The lowest BCUT2D eigenvalue weighted by molar-refractivity contribution is -0.126. The van der Waals surface area contributed by atoms with Gasteiger partial charge in [-0.3, -0.25) is 9.59 Å². The van der Waals surface area contributed by atoms with Crippen molar-refractivity contribution in [3.05, 3.63) is 59.4 Å². The number of halogens is 1. The van der Waals surface area contributed by atoms with Crippen LogP contribution in [0.3, 0.4) is 0 Å². The van der Waals surface area contributed by atoms with Gasteiger partial charge in [-0.1, -0.05) is 18.2 Å². The van der Waals surface area contributed by atoms with Gasteiger partial charge in [0.25, 0.3) is 0 Å². The van der Waals surface area contributed by atoms with E-state index >= 15 is 0 Å². The molecule has 2 aromatic rings. The molecule has 0 bridgehead atoms. The fourth-order valence-electron chi connectivity index (χ4n) is 3.25. The maximum absolute atomic E-state index is 12.9. The van der Waals surface area contributed by atoms with Gasteiger partial charge in [-0.15, -0.1) is 0 Å². The predicted molar refractivity (Wildman–Crippen MR) is 101 cm³/mol. The summed E-state index contributed by atoms with van der Waals surface area (Å²) in [7, 11) is 1.56. The van der Waals surface area contributed by atoms with Gasteiger partial charge in [0.15, 0.2) is 0 Å². The normalized spacial score (nSPS) is 16.5. The van der Waals surface area contributed by atoms with Gasteiger partial charge in [0.05, 0.1) is 18.7 Å². The monoisotopic (exact) mass is 370 g/mol. The molecule has 1 heterocycles. The zero-order valence-electron chi connectivity index (χ0n) is 15.5. The minimum absolute atomic E-state index is 0.0856. The number of carbonyl (C=O) groups excluding carboxylic acids is 2. The third kappa shape index (κ3) is 4.45. The summed E-state index contributed by atoms with van der Waals surface area (Å²) in [5, 5.41) is 2.88. The molecule has 0 saturated carbocycles. The Kier molecular flexibility index (Phi) is 5.74. The highest BCUT2D eigenvalue weighted by atomic mass is 19.1. The highest BCUT2D eigenvalue weighted by molar-refractivity contribution is 6.01. The first-order valence-corrected chi connectivity index (χ1v) is 8.95. The maximum atomic E-state index is 12.9. The van der Waals surface area contributed by atoms with Crippen molar-refractivity contribution in [3.8, 4) is 5.75 Å². The average Bonchev–Trinajstić information content (AvgIpc) is 3.05. The van der Waals surface area contributed by atoms with Gasteiger partial charge in [-0.05, 0) is 48.7 Å². The zero-order valence-corrected chi connectivity index (χ0v) is 15.5. The quantitative estimate of drug-likeness (QED) is 0.851. The van der Waals surface area contributed by atoms with Gasteiger partial charge < -0.3 is 15.0 Å². The van der Waals surface area contributed by atoms with E-state index in [2.05, 4.69) is 5.32 Å². The van der Waals surface area contributed by atoms with Crippen molar-refractivity contribution in [2.45, 2.75) is 19.8 Å². The number of ether oxygens (including phenoxy) is 1. The van der Waals surface area contributed by atoms with E-state index in [0.717, 1.165) is 11.1 Å². The van der Waals surface area contributed by atoms with E-state index in [0.29, 0.717) is 30.9 Å². The van der Waals surface area contributed by atoms with E-state index in [9.17, 15) is 14.0 Å². The van der Waals surface area contributed by atoms with Crippen LogP contribution in [-0.2, 0) is 16.0 Å². The predicted octanol–water partition coefficient (Wildman–Crippen LogP) is 2.85. The Morgan fingerprint density at radius 1 is 1.26 bits per heavy atom. The first-order chi connectivity index (χ1) is 13.0. The molecule has 1 N–H and O–H groups in total. The van der Waals surface area contributed by atoms with E-state index in [-0.39, 0.29) is 24.1 Å². The molecule has 3 rings (SSSR count). The molecule has 2 amide bonds. The van der Waals surface area contributed by atoms with Crippen molar-refractivity contribution in [2.24, 2.45) is 5.92 Å². The van der Waals surface area contributed by atoms with Crippen molar-refractivity contribution >= 4 is 17.5 Å². The van der Waals surface area contributed by atoms with Gasteiger partial charge in [0, 0.05) is 19.5 Å². The largest absolute Gasteiger partial charge is 0.495 e. The van der Waals surface area contributed by atoms with Gasteiger partial charge in [-0.2, -0.15) is 0 Å². The second-order valence-electron chi connectivity index (χ2n) is 6.75. The first kappa shape index (κ1) is 18.9. The summed E-state index contributed by atoms with van der Waals surface area (Å²) in [6.07, 6.45) is 0.793. The maximum Gasteiger partial charge on any atom is 0.227 e. The van der Waals surface area contributed by atoms with E-state index in [1.165, 1.54) is 12.1 Å². The van der Waals surface area contributed by atoms with Crippen LogP contribution < -0.4 is 15.0 Å². The number of benzene rings is 2. The second-order valence-corrected chi connectivity index (χ2v) is 6.75. The Morgan fingerprint density at radius 3 is 2.70 bits per heavy atom. The van der Waals surface area contributed by atoms with Crippen LogP contribution in [0.1, 0.15) is 17.5 Å². The van der Waals surface area contributed by atoms with Crippen molar-refractivity contribution in [2.75, 3.05) is 25.1 Å². The number of methoxy groups -OCH3 is 1. The molecule has 2 aromatic carbocycles. The average molecular weight is 370 g/mol. The number of nitrogens with zero attached hydrogens (tertiary/aromatic N) is 1. The summed E-state index contributed by atoms with van der Waals surface area (Å²) >= 11 is 0. The van der Waals surface area contributed by atoms with Crippen molar-refractivity contribution in [1.82, 2.24) is 5.32 Å². The summed E-state index contributed by atoms with van der Waals surface area (Å²) in [4.78, 5) is 26.5. The van der Waals surface area contributed by atoms with E-state index in [1.54, 1.807) is 24.1 Å². The highest BCUT2D eigenvalue weighted by Crippen LogP contribution is 2.33. The molecule has 0 radical (unpaired) electrons. The lowest BCUT2D eigenvalue weighted by atomic mass is 10.1. The standard InChI is InChI=1S/C21H23FN2O3/c1-14-3-8-19(27-2)18(11-14)24-13-16(12-20(24)25)21(26)23-10-9-15-4-6-17(22)7-5-15/h3-8,11,16H,9-10,12-13H2,1-2H3,(H,23,26)/t16-/m0/s1. The molecule has 5 nitrogen and oxygen atoms in total. The lowest BCUT2D eigenvalue weighted by Crippen LogP contribution is -2.34. The molecular weight excluding hydrogens is 347 g/mol. The molecule has 27 heavy (non-hydrogen) atoms. The van der Waals surface area contributed by atoms with Crippen LogP contribution in [0.4, 0.5) is 10.1 Å². The molecule has 1 fully saturated rings. The van der Waals surface area contributed by atoms with Crippen LogP contribution in [0.2, 0.25) is 0 Å². The summed E-state index contributed by atoms with van der Waals surface area (Å²) in [6, 6.07) is 11.8. The van der Waals surface area contributed by atoms with Crippen LogP contribution in [-0.4, -0.2) is 32.0 Å². The fraction of sp³-hybridized carbons (Fsp3) is 0.333. The minimum Gasteiger partial charge on any atom is -0.495 e. The molecule has 1 aliphatic rings. The van der Waals surface area contributed by atoms with Crippen LogP contribution in [0.15, 0.2) is 42.5 Å². The summed E-state index contributed by atoms with van der Waals surface area (Å²) in [6.45, 7) is 2.73. The van der Waals surface area contributed by atoms with Gasteiger partial charge in [0.2, 0.25) is 11.8 Å². The van der Waals surface area contributed by atoms with E-state index in [4.69, 9.17) is 4.74 Å². The Labute approximate surface area is 158 Å². The Hall–Kier alpha value is -2.89. The number of hydrogen-bond donors (Lipinski definition) is 1.